The van der Waals surface area contributed by atoms with Crippen molar-refractivity contribution in [3.05, 3.63) is 54.1 Å². The number of fused-ring (bicyclic) bond motifs is 1. The van der Waals surface area contributed by atoms with E-state index in [0.29, 0.717) is 5.04 Å². The number of allylic oxidation sites excluding steroid dienone is 4. The molecule has 3 rings (SSSR count). The van der Waals surface area contributed by atoms with Gasteiger partial charge in [-0.05, 0) is 36.1 Å². The van der Waals surface area contributed by atoms with Gasteiger partial charge in [-0.25, -0.2) is 0 Å². The van der Waals surface area contributed by atoms with Crippen LogP contribution in [-0.4, -0.2) is 9.52 Å². The van der Waals surface area contributed by atoms with Crippen LogP contribution >= 0.6 is 0 Å². The van der Waals surface area contributed by atoms with Gasteiger partial charge in [0, 0.05) is 0 Å². The van der Waals surface area contributed by atoms with Crippen LogP contribution in [0.15, 0.2) is 54.1 Å². The third kappa shape index (κ3) is 3.01. The van der Waals surface area contributed by atoms with E-state index in [1.165, 1.54) is 38.5 Å². The molecule has 0 bridgehead atoms. The lowest BCUT2D eigenvalue weighted by atomic mass is 9.85. The molecule has 0 aliphatic heterocycles. The van der Waals surface area contributed by atoms with E-state index in [1.54, 1.807) is 5.19 Å². The summed E-state index contributed by atoms with van der Waals surface area (Å²) in [7, 11) is -0.285. The van der Waals surface area contributed by atoms with Gasteiger partial charge in [0.2, 0.25) is 0 Å². The Hall–Kier alpha value is -1.08. The summed E-state index contributed by atoms with van der Waals surface area (Å²) in [6.45, 7) is 4.87. The highest BCUT2D eigenvalue weighted by molar-refractivity contribution is 6.58. The highest BCUT2D eigenvalue weighted by atomic mass is 28.2. The minimum absolute atomic E-state index is 0.285. The molecule has 0 radical (unpaired) electrons. The lowest BCUT2D eigenvalue weighted by Gasteiger charge is -2.37. The zero-order valence-corrected chi connectivity index (χ0v) is 15.6. The smallest absolute Gasteiger partial charge is 0.0662 e. The van der Waals surface area contributed by atoms with Crippen molar-refractivity contribution in [2.45, 2.75) is 57.4 Å². The Kier molecular flexibility index (Phi) is 5.02. The number of benzene rings is 1. The van der Waals surface area contributed by atoms with Crippen molar-refractivity contribution < 1.29 is 0 Å². The van der Waals surface area contributed by atoms with Crippen LogP contribution in [0.25, 0.3) is 0 Å². The Labute approximate surface area is 138 Å². The summed E-state index contributed by atoms with van der Waals surface area (Å²) < 4.78 is 0. The number of hydrogen-bond acceptors (Lipinski definition) is 0. The highest BCUT2D eigenvalue weighted by Crippen LogP contribution is 2.60. The first-order valence-electron chi connectivity index (χ1n) is 9.17. The van der Waals surface area contributed by atoms with Crippen molar-refractivity contribution in [1.29, 1.82) is 0 Å². The van der Waals surface area contributed by atoms with Crippen LogP contribution in [0, 0.1) is 11.8 Å². The molecule has 1 heteroatoms. The molecule has 118 valence electrons. The molecule has 2 aliphatic rings. The Morgan fingerprint density at radius 2 is 2.00 bits per heavy atom. The molecule has 1 fully saturated rings. The Balaban J connectivity index is 1.91. The second-order valence-corrected chi connectivity index (χ2v) is 9.83. The average molecular weight is 311 g/mol. The van der Waals surface area contributed by atoms with Crippen molar-refractivity contribution in [3.63, 3.8) is 0 Å². The quantitative estimate of drug-likeness (QED) is 0.525. The highest BCUT2D eigenvalue weighted by Gasteiger charge is 2.48. The maximum Gasteiger partial charge on any atom is 0.0662 e. The van der Waals surface area contributed by atoms with Crippen LogP contribution in [0.4, 0.5) is 0 Å². The summed E-state index contributed by atoms with van der Waals surface area (Å²) in [5.41, 5.74) is 1.83. The lowest BCUT2D eigenvalue weighted by Crippen LogP contribution is -2.34. The normalized spacial score (nSPS) is 30.7. The van der Waals surface area contributed by atoms with Crippen LogP contribution in [0.3, 0.4) is 0 Å². The zero-order chi connectivity index (χ0) is 15.4. The van der Waals surface area contributed by atoms with Gasteiger partial charge in [0.25, 0.3) is 0 Å². The minimum Gasteiger partial charge on any atom is -0.0839 e. The van der Waals surface area contributed by atoms with Crippen molar-refractivity contribution >= 4 is 14.7 Å². The summed E-state index contributed by atoms with van der Waals surface area (Å²) in [4.78, 5) is 0. The maximum absolute atomic E-state index is 2.54. The third-order valence-electron chi connectivity index (χ3n) is 6.02. The second-order valence-electron chi connectivity index (χ2n) is 7.40. The number of unbranched alkanes of at least 4 members (excludes halogenated alkanes) is 2. The molecule has 0 nitrogen and oxygen atoms in total. The van der Waals surface area contributed by atoms with E-state index in [4.69, 9.17) is 0 Å². The van der Waals surface area contributed by atoms with Crippen molar-refractivity contribution in [1.82, 2.24) is 0 Å². The van der Waals surface area contributed by atoms with Gasteiger partial charge >= 0.3 is 0 Å². The molecule has 0 aromatic heterocycles. The van der Waals surface area contributed by atoms with Crippen molar-refractivity contribution in [2.24, 2.45) is 11.8 Å². The van der Waals surface area contributed by atoms with Crippen LogP contribution in [0.1, 0.15) is 52.4 Å². The molecule has 0 spiro atoms. The first kappa shape index (κ1) is 15.8. The summed E-state index contributed by atoms with van der Waals surface area (Å²) in [5.74, 6) is 1.71. The van der Waals surface area contributed by atoms with Gasteiger partial charge in [-0.3, -0.25) is 0 Å². The molecule has 0 saturated heterocycles. The van der Waals surface area contributed by atoms with Gasteiger partial charge in [0.05, 0.1) is 9.52 Å². The topological polar surface area (TPSA) is 0 Å². The van der Waals surface area contributed by atoms with Gasteiger partial charge < -0.3 is 0 Å². The summed E-state index contributed by atoms with van der Waals surface area (Å²) in [5, 5.41) is 2.20. The Morgan fingerprint density at radius 1 is 1.18 bits per heavy atom. The van der Waals surface area contributed by atoms with Crippen molar-refractivity contribution in [2.75, 3.05) is 0 Å². The first-order valence-corrected chi connectivity index (χ1v) is 10.6. The summed E-state index contributed by atoms with van der Waals surface area (Å²) in [6.07, 6.45) is 15.5. The predicted molar refractivity (Wildman–Crippen MR) is 101 cm³/mol. The predicted octanol–water partition coefficient (Wildman–Crippen LogP) is 4.76. The molecular weight excluding hydrogens is 280 g/mol. The molecule has 1 aromatic rings. The Morgan fingerprint density at radius 3 is 2.77 bits per heavy atom. The fraction of sp³-hybridized carbons (Fsp3) is 0.524. The van der Waals surface area contributed by atoms with Gasteiger partial charge in [-0.2, -0.15) is 0 Å². The number of rotatable bonds is 6. The third-order valence-corrected chi connectivity index (χ3v) is 8.99. The molecule has 0 N–H and O–H groups in total. The molecule has 0 amide bonds. The maximum atomic E-state index is 2.54. The molecule has 0 heterocycles. The largest absolute Gasteiger partial charge is 0.0839 e. The van der Waals surface area contributed by atoms with Gasteiger partial charge in [0.1, 0.15) is 0 Å². The van der Waals surface area contributed by atoms with E-state index < -0.39 is 0 Å². The second kappa shape index (κ2) is 7.00. The molecule has 2 aliphatic carbocycles. The standard InChI is InChI=1S/C21H30Si/c1-3-4-10-15-21(22-19-12-6-5-7-13-19)17(2)16-18-11-8-9-14-20(18)21/h5-9,12-14,17-18H,3-4,10-11,15-16,22H2,1-2H3. The Bertz CT molecular complexity index is 542. The zero-order valence-electron chi connectivity index (χ0n) is 14.2. The summed E-state index contributed by atoms with van der Waals surface area (Å²) >= 11 is 0. The minimum atomic E-state index is -0.285. The number of hydrogen-bond donors (Lipinski definition) is 0. The first-order chi connectivity index (χ1) is 10.8. The van der Waals surface area contributed by atoms with E-state index >= 15 is 0 Å². The van der Waals surface area contributed by atoms with Crippen LogP contribution in [0.2, 0.25) is 5.04 Å². The molecule has 3 atom stereocenters. The van der Waals surface area contributed by atoms with E-state index in [2.05, 4.69) is 62.4 Å². The molecule has 22 heavy (non-hydrogen) atoms. The van der Waals surface area contributed by atoms with Gasteiger partial charge in [-0.15, -0.1) is 0 Å². The fourth-order valence-electron chi connectivity index (χ4n) is 4.82. The van der Waals surface area contributed by atoms with Crippen LogP contribution in [-0.2, 0) is 0 Å². The molecule has 1 saturated carbocycles. The van der Waals surface area contributed by atoms with E-state index in [-0.39, 0.29) is 9.52 Å². The molecule has 3 unspecified atom stereocenters. The monoisotopic (exact) mass is 310 g/mol. The van der Waals surface area contributed by atoms with Crippen LogP contribution < -0.4 is 5.19 Å². The molecule has 1 aromatic carbocycles. The molecular formula is C21H30Si. The average Bonchev–Trinajstić information content (AvgIpc) is 2.81. The SMILES string of the molecule is CCCCCC1([SiH2]c2ccccc2)C2=CC=CCC2CC1C. The van der Waals surface area contributed by atoms with Gasteiger partial charge in [0.15, 0.2) is 0 Å². The van der Waals surface area contributed by atoms with Crippen LogP contribution in [0.5, 0.6) is 0 Å². The van der Waals surface area contributed by atoms with E-state index in [9.17, 15) is 0 Å². The lowest BCUT2D eigenvalue weighted by molar-refractivity contribution is 0.426. The van der Waals surface area contributed by atoms with Crippen molar-refractivity contribution in [3.8, 4) is 0 Å². The summed E-state index contributed by atoms with van der Waals surface area (Å²) in [6, 6.07) is 11.4. The fourth-order valence-corrected chi connectivity index (χ4v) is 7.61. The van der Waals surface area contributed by atoms with E-state index in [1.807, 2.05) is 5.57 Å². The van der Waals surface area contributed by atoms with E-state index in [0.717, 1.165) is 11.8 Å². The van der Waals surface area contributed by atoms with Gasteiger partial charge in [-0.1, -0.05) is 92.4 Å².